The predicted octanol–water partition coefficient (Wildman–Crippen LogP) is 1.83. The van der Waals surface area contributed by atoms with Gasteiger partial charge in [-0.3, -0.25) is 4.79 Å². The number of nitrogens with zero attached hydrogens (tertiary/aromatic N) is 3. The molecule has 2 aliphatic heterocycles. The van der Waals surface area contributed by atoms with E-state index in [1.54, 1.807) is 4.90 Å². The second-order valence-electron chi connectivity index (χ2n) is 6.67. The third kappa shape index (κ3) is 3.02. The Bertz CT molecular complexity index is 717. The zero-order chi connectivity index (χ0) is 16.9. The summed E-state index contributed by atoms with van der Waals surface area (Å²) in [5, 5.41) is 10.9. The minimum absolute atomic E-state index is 0.0297. The molecule has 1 unspecified atom stereocenters. The molecular weight excluding hydrogens is 321 g/mol. The molecule has 128 valence electrons. The van der Waals surface area contributed by atoms with Crippen molar-refractivity contribution in [3.8, 4) is 0 Å². The number of rotatable bonds is 5. The summed E-state index contributed by atoms with van der Waals surface area (Å²) in [4.78, 5) is 14.1. The first-order chi connectivity index (χ1) is 11.4. The lowest BCUT2D eigenvalue weighted by atomic mass is 10.0. The lowest BCUT2D eigenvalue weighted by Crippen LogP contribution is -2.36. The van der Waals surface area contributed by atoms with Crippen LogP contribution in [-0.2, 0) is 4.79 Å². The van der Waals surface area contributed by atoms with Gasteiger partial charge in [-0.25, -0.2) is 0 Å². The van der Waals surface area contributed by atoms with Gasteiger partial charge in [0.15, 0.2) is 5.71 Å². The van der Waals surface area contributed by atoms with E-state index in [2.05, 4.69) is 15.5 Å². The number of allylic oxidation sites excluding steroid dienone is 3. The first-order valence-corrected chi connectivity index (χ1v) is 8.08. The van der Waals surface area contributed by atoms with Crippen LogP contribution in [0.1, 0.15) is 19.3 Å². The summed E-state index contributed by atoms with van der Waals surface area (Å²) in [6.07, 6.45) is -1.19. The second kappa shape index (κ2) is 5.54. The highest BCUT2D eigenvalue weighted by atomic mass is 19.4. The average Bonchev–Trinajstić information content (AvgIpc) is 2.92. The Labute approximate surface area is 137 Å². The van der Waals surface area contributed by atoms with Crippen LogP contribution in [0.2, 0.25) is 0 Å². The summed E-state index contributed by atoms with van der Waals surface area (Å²) in [5.74, 6) is -0.0736. The molecule has 0 aromatic rings. The lowest BCUT2D eigenvalue weighted by Gasteiger charge is -2.17. The highest BCUT2D eigenvalue weighted by Gasteiger charge is 2.40. The third-order valence-electron chi connectivity index (χ3n) is 4.84. The molecule has 0 spiro atoms. The first kappa shape index (κ1) is 15.6. The molecule has 2 heterocycles. The van der Waals surface area contributed by atoms with Gasteiger partial charge in [0, 0.05) is 31.6 Å². The third-order valence-corrected chi connectivity index (χ3v) is 4.84. The molecule has 0 bridgehead atoms. The standard InChI is InChI=1S/C16H17F3N4O/c17-16(18,19)2-4-23-3-1-9(8-23)7-20-15(24)14-12-6-10-5-11(10)13(12)21-22-14/h6,9H,1-5,7-8H2,(H,20,24). The number of likely N-dealkylation sites (tertiary alicyclic amines) is 1. The van der Waals surface area contributed by atoms with Crippen LogP contribution < -0.4 is 5.32 Å². The SMILES string of the molecule is O=C(NCC1CCN(CCC(F)(F)F)C1)C1=NN=C2C1=CC1=C2C1. The quantitative estimate of drug-likeness (QED) is 0.831. The fourth-order valence-corrected chi connectivity index (χ4v) is 3.43. The number of halogens is 3. The van der Waals surface area contributed by atoms with Crippen molar-refractivity contribution >= 4 is 17.3 Å². The van der Waals surface area contributed by atoms with Crippen LogP contribution in [0.5, 0.6) is 0 Å². The number of hydrogen-bond donors (Lipinski definition) is 1. The van der Waals surface area contributed by atoms with Crippen molar-refractivity contribution in [3.63, 3.8) is 0 Å². The number of fused-ring (bicyclic) bond motifs is 2. The Morgan fingerprint density at radius 2 is 2.21 bits per heavy atom. The topological polar surface area (TPSA) is 57.1 Å². The molecule has 0 aromatic carbocycles. The Balaban J connectivity index is 1.22. The van der Waals surface area contributed by atoms with Crippen LogP contribution in [0, 0.1) is 5.92 Å². The highest BCUT2D eigenvalue weighted by molar-refractivity contribution is 6.56. The average molecular weight is 338 g/mol. The summed E-state index contributed by atoms with van der Waals surface area (Å²) < 4.78 is 36.8. The molecule has 0 aromatic heterocycles. The van der Waals surface area contributed by atoms with Crippen LogP contribution in [-0.4, -0.2) is 54.6 Å². The van der Waals surface area contributed by atoms with Crippen molar-refractivity contribution in [2.75, 3.05) is 26.2 Å². The lowest BCUT2D eigenvalue weighted by molar-refractivity contribution is -0.137. The molecule has 4 aliphatic rings. The Morgan fingerprint density at radius 3 is 3.00 bits per heavy atom. The van der Waals surface area contributed by atoms with E-state index in [-0.39, 0.29) is 18.4 Å². The summed E-state index contributed by atoms with van der Waals surface area (Å²) in [5.41, 5.74) is 4.41. The highest BCUT2D eigenvalue weighted by Crippen LogP contribution is 2.43. The minimum atomic E-state index is -4.11. The van der Waals surface area contributed by atoms with Crippen molar-refractivity contribution < 1.29 is 18.0 Å². The van der Waals surface area contributed by atoms with Gasteiger partial charge < -0.3 is 10.2 Å². The second-order valence-corrected chi connectivity index (χ2v) is 6.67. The van der Waals surface area contributed by atoms with Gasteiger partial charge in [0.1, 0.15) is 0 Å². The van der Waals surface area contributed by atoms with Gasteiger partial charge in [-0.1, -0.05) is 0 Å². The number of nitrogens with one attached hydrogen (secondary N) is 1. The molecule has 24 heavy (non-hydrogen) atoms. The van der Waals surface area contributed by atoms with Crippen molar-refractivity contribution in [2.24, 2.45) is 16.1 Å². The maximum atomic E-state index is 12.3. The van der Waals surface area contributed by atoms with Crippen LogP contribution in [0.4, 0.5) is 13.2 Å². The van der Waals surface area contributed by atoms with E-state index in [1.165, 1.54) is 11.1 Å². The van der Waals surface area contributed by atoms with Crippen LogP contribution in [0.25, 0.3) is 0 Å². The number of carbonyl (C=O) groups is 1. The molecule has 5 nitrogen and oxygen atoms in total. The fraction of sp³-hybridized carbons (Fsp3) is 0.562. The van der Waals surface area contributed by atoms with Gasteiger partial charge in [0.05, 0.1) is 12.1 Å². The molecule has 8 heteroatoms. The van der Waals surface area contributed by atoms with E-state index in [0.29, 0.717) is 25.3 Å². The molecule has 2 aliphatic carbocycles. The summed E-state index contributed by atoms with van der Waals surface area (Å²) in [6, 6.07) is 0. The van der Waals surface area contributed by atoms with Gasteiger partial charge in [-0.15, -0.1) is 10.2 Å². The maximum absolute atomic E-state index is 12.3. The zero-order valence-electron chi connectivity index (χ0n) is 13.0. The monoisotopic (exact) mass is 338 g/mol. The molecule has 1 saturated heterocycles. The van der Waals surface area contributed by atoms with Crippen LogP contribution in [0.3, 0.4) is 0 Å². The summed E-state index contributed by atoms with van der Waals surface area (Å²) in [7, 11) is 0. The van der Waals surface area contributed by atoms with Crippen LogP contribution in [0.15, 0.2) is 33.0 Å². The zero-order valence-corrected chi connectivity index (χ0v) is 13.0. The summed E-state index contributed by atoms with van der Waals surface area (Å²) >= 11 is 0. The fourth-order valence-electron chi connectivity index (χ4n) is 3.43. The van der Waals surface area contributed by atoms with Gasteiger partial charge in [0.2, 0.25) is 0 Å². The van der Waals surface area contributed by atoms with E-state index in [0.717, 1.165) is 24.1 Å². The number of amides is 1. The Kier molecular flexibility index (Phi) is 3.59. The smallest absolute Gasteiger partial charge is 0.350 e. The largest absolute Gasteiger partial charge is 0.390 e. The van der Waals surface area contributed by atoms with Gasteiger partial charge in [-0.05, 0) is 36.1 Å². The van der Waals surface area contributed by atoms with E-state index >= 15 is 0 Å². The van der Waals surface area contributed by atoms with Crippen molar-refractivity contribution in [1.29, 1.82) is 0 Å². The molecule has 1 fully saturated rings. The molecular formula is C16H17F3N4O. The first-order valence-electron chi connectivity index (χ1n) is 8.08. The number of alkyl halides is 3. The molecule has 0 radical (unpaired) electrons. The summed E-state index contributed by atoms with van der Waals surface area (Å²) in [6.45, 7) is 1.72. The van der Waals surface area contributed by atoms with Crippen molar-refractivity contribution in [3.05, 3.63) is 22.8 Å². The van der Waals surface area contributed by atoms with Crippen molar-refractivity contribution in [2.45, 2.75) is 25.4 Å². The number of carbonyl (C=O) groups excluding carboxylic acids is 1. The number of hydrogen-bond acceptors (Lipinski definition) is 4. The Hall–Kier alpha value is -1.96. The predicted molar refractivity (Wildman–Crippen MR) is 82.8 cm³/mol. The van der Waals surface area contributed by atoms with Gasteiger partial charge in [-0.2, -0.15) is 13.2 Å². The normalized spacial score (nSPS) is 25.3. The molecule has 1 N–H and O–H groups in total. The van der Waals surface area contributed by atoms with Gasteiger partial charge >= 0.3 is 6.18 Å². The maximum Gasteiger partial charge on any atom is 0.390 e. The van der Waals surface area contributed by atoms with Crippen molar-refractivity contribution in [1.82, 2.24) is 10.2 Å². The van der Waals surface area contributed by atoms with Crippen LogP contribution >= 0.6 is 0 Å². The van der Waals surface area contributed by atoms with E-state index in [4.69, 9.17) is 0 Å². The van der Waals surface area contributed by atoms with E-state index < -0.39 is 12.6 Å². The van der Waals surface area contributed by atoms with E-state index in [9.17, 15) is 18.0 Å². The molecule has 0 saturated carbocycles. The Morgan fingerprint density at radius 1 is 1.38 bits per heavy atom. The molecule has 1 amide bonds. The minimum Gasteiger partial charge on any atom is -0.350 e. The molecule has 1 atom stereocenters. The van der Waals surface area contributed by atoms with E-state index in [1.807, 2.05) is 6.08 Å². The molecule has 4 rings (SSSR count). The van der Waals surface area contributed by atoms with Gasteiger partial charge in [0.25, 0.3) is 5.91 Å².